The van der Waals surface area contributed by atoms with E-state index in [1.54, 1.807) is 25.3 Å². The van der Waals surface area contributed by atoms with E-state index in [-0.39, 0.29) is 10.0 Å². The van der Waals surface area contributed by atoms with Crippen molar-refractivity contribution in [1.82, 2.24) is 10.2 Å². The van der Waals surface area contributed by atoms with E-state index in [1.807, 2.05) is 37.3 Å². The topological polar surface area (TPSA) is 93.2 Å². The fourth-order valence-corrected chi connectivity index (χ4v) is 4.51. The molecule has 0 bridgehead atoms. The number of methoxy groups -OCH3 is 1. The van der Waals surface area contributed by atoms with Crippen LogP contribution in [0.4, 0.5) is 17.3 Å². The number of hydrogen-bond donors (Lipinski definition) is 2. The van der Waals surface area contributed by atoms with Gasteiger partial charge < -0.3 is 10.1 Å². The van der Waals surface area contributed by atoms with Crippen molar-refractivity contribution in [3.8, 4) is 5.75 Å². The molecular weight excluding hydrogens is 372 g/mol. The SMILES string of the molecule is CCc1ccc(S(=O)(=O)Nc2ccc(Nc3ccccc3OC)nn2)s1. The van der Waals surface area contributed by atoms with E-state index in [4.69, 9.17) is 4.74 Å². The maximum absolute atomic E-state index is 12.4. The van der Waals surface area contributed by atoms with E-state index in [0.29, 0.717) is 11.6 Å². The third-order valence-corrected chi connectivity index (χ3v) is 6.60. The standard InChI is InChI=1S/C17H18N4O3S2/c1-3-12-8-11-17(25-12)26(22,23)21-16-10-9-15(19-20-16)18-13-6-4-5-7-14(13)24-2/h4-11H,3H2,1-2H3,(H,18,19)(H,20,21). The molecule has 7 nitrogen and oxygen atoms in total. The number of rotatable bonds is 7. The van der Waals surface area contributed by atoms with Gasteiger partial charge in [-0.15, -0.1) is 21.5 Å². The van der Waals surface area contributed by atoms with Crippen molar-refractivity contribution in [2.75, 3.05) is 17.1 Å². The third-order valence-electron chi connectivity index (χ3n) is 3.52. The number of nitrogens with zero attached hydrogens (tertiary/aromatic N) is 2. The monoisotopic (exact) mass is 390 g/mol. The molecule has 9 heteroatoms. The van der Waals surface area contributed by atoms with Gasteiger partial charge in [-0.2, -0.15) is 0 Å². The number of aryl methyl sites for hydroxylation is 1. The number of thiophene rings is 1. The zero-order valence-electron chi connectivity index (χ0n) is 14.3. The molecular formula is C17H18N4O3S2. The number of nitrogens with one attached hydrogen (secondary N) is 2. The zero-order valence-corrected chi connectivity index (χ0v) is 15.9. The van der Waals surface area contributed by atoms with Crippen LogP contribution in [0.2, 0.25) is 0 Å². The summed E-state index contributed by atoms with van der Waals surface area (Å²) in [5, 5.41) is 11.0. The number of ether oxygens (including phenoxy) is 1. The fraction of sp³-hybridized carbons (Fsp3) is 0.176. The maximum Gasteiger partial charge on any atom is 0.272 e. The average Bonchev–Trinajstić information content (AvgIpc) is 3.14. The van der Waals surface area contributed by atoms with Crippen molar-refractivity contribution in [1.29, 1.82) is 0 Å². The molecule has 0 amide bonds. The summed E-state index contributed by atoms with van der Waals surface area (Å²) in [6.07, 6.45) is 0.795. The zero-order chi connectivity index (χ0) is 18.6. The van der Waals surface area contributed by atoms with Crippen molar-refractivity contribution < 1.29 is 13.2 Å². The molecule has 0 aliphatic rings. The number of para-hydroxylation sites is 2. The summed E-state index contributed by atoms with van der Waals surface area (Å²) in [7, 11) is -2.08. The molecule has 0 aliphatic heterocycles. The minimum absolute atomic E-state index is 0.155. The molecule has 3 aromatic rings. The van der Waals surface area contributed by atoms with E-state index in [1.165, 1.54) is 11.3 Å². The molecule has 2 heterocycles. The van der Waals surface area contributed by atoms with Gasteiger partial charge in [0.25, 0.3) is 10.0 Å². The molecule has 0 saturated heterocycles. The first-order chi connectivity index (χ1) is 12.5. The third kappa shape index (κ3) is 4.12. The van der Waals surface area contributed by atoms with Crippen LogP contribution in [-0.2, 0) is 16.4 Å². The van der Waals surface area contributed by atoms with Crippen LogP contribution in [0.25, 0.3) is 0 Å². The summed E-state index contributed by atoms with van der Waals surface area (Å²) >= 11 is 1.24. The lowest BCUT2D eigenvalue weighted by Crippen LogP contribution is -2.13. The molecule has 0 unspecified atom stereocenters. The first-order valence-corrected chi connectivity index (χ1v) is 10.2. The van der Waals surface area contributed by atoms with E-state index in [9.17, 15) is 8.42 Å². The van der Waals surface area contributed by atoms with E-state index in [2.05, 4.69) is 20.2 Å². The highest BCUT2D eigenvalue weighted by molar-refractivity contribution is 7.94. The second kappa shape index (κ2) is 7.71. The minimum Gasteiger partial charge on any atom is -0.495 e. The summed E-state index contributed by atoms with van der Waals surface area (Å²) in [6, 6.07) is 14.0. The van der Waals surface area contributed by atoms with Gasteiger partial charge in [0.15, 0.2) is 11.6 Å². The highest BCUT2D eigenvalue weighted by atomic mass is 32.2. The lowest BCUT2D eigenvalue weighted by atomic mass is 10.3. The molecule has 136 valence electrons. The van der Waals surface area contributed by atoms with Gasteiger partial charge in [0, 0.05) is 4.88 Å². The van der Waals surface area contributed by atoms with Crippen molar-refractivity contribution in [3.63, 3.8) is 0 Å². The van der Waals surface area contributed by atoms with E-state index < -0.39 is 10.0 Å². The van der Waals surface area contributed by atoms with Crippen LogP contribution in [0.15, 0.2) is 52.7 Å². The Morgan fingerprint density at radius 1 is 1.04 bits per heavy atom. The quantitative estimate of drug-likeness (QED) is 0.640. The highest BCUT2D eigenvalue weighted by Crippen LogP contribution is 2.27. The van der Waals surface area contributed by atoms with Gasteiger partial charge in [0.1, 0.15) is 9.96 Å². The second-order valence-electron chi connectivity index (χ2n) is 5.31. The smallest absolute Gasteiger partial charge is 0.272 e. The number of hydrogen-bond acceptors (Lipinski definition) is 7. The van der Waals surface area contributed by atoms with Gasteiger partial charge in [-0.1, -0.05) is 19.1 Å². The lowest BCUT2D eigenvalue weighted by Gasteiger charge is -2.10. The van der Waals surface area contributed by atoms with Crippen molar-refractivity contribution in [2.24, 2.45) is 0 Å². The fourth-order valence-electron chi connectivity index (χ4n) is 2.22. The van der Waals surface area contributed by atoms with Crippen molar-refractivity contribution in [3.05, 3.63) is 53.4 Å². The summed E-state index contributed by atoms with van der Waals surface area (Å²) in [6.45, 7) is 1.98. The van der Waals surface area contributed by atoms with Crippen LogP contribution in [0, 0.1) is 0 Å². The summed E-state index contributed by atoms with van der Waals surface area (Å²) in [5.74, 6) is 1.30. The van der Waals surface area contributed by atoms with Gasteiger partial charge in [-0.3, -0.25) is 4.72 Å². The molecule has 1 aromatic carbocycles. The van der Waals surface area contributed by atoms with Crippen LogP contribution < -0.4 is 14.8 Å². The Balaban J connectivity index is 1.73. The number of aromatic nitrogens is 2. The average molecular weight is 390 g/mol. The number of benzene rings is 1. The van der Waals surface area contributed by atoms with Crippen molar-refractivity contribution in [2.45, 2.75) is 17.6 Å². The molecule has 0 aliphatic carbocycles. The van der Waals surface area contributed by atoms with Gasteiger partial charge in [0.05, 0.1) is 12.8 Å². The Labute approximate surface area is 156 Å². The molecule has 3 rings (SSSR count). The highest BCUT2D eigenvalue weighted by Gasteiger charge is 2.17. The number of sulfonamides is 1. The Bertz CT molecular complexity index is 985. The first-order valence-electron chi connectivity index (χ1n) is 7.87. The van der Waals surface area contributed by atoms with Gasteiger partial charge in [-0.05, 0) is 42.8 Å². The van der Waals surface area contributed by atoms with E-state index >= 15 is 0 Å². The molecule has 0 radical (unpaired) electrons. The van der Waals surface area contributed by atoms with Gasteiger partial charge >= 0.3 is 0 Å². The summed E-state index contributed by atoms with van der Waals surface area (Å²) < 4.78 is 32.7. The van der Waals surface area contributed by atoms with Gasteiger partial charge in [0.2, 0.25) is 0 Å². The Hall–Kier alpha value is -2.65. The Morgan fingerprint density at radius 3 is 2.42 bits per heavy atom. The molecule has 0 fully saturated rings. The first kappa shape index (κ1) is 18.2. The Morgan fingerprint density at radius 2 is 1.77 bits per heavy atom. The van der Waals surface area contributed by atoms with E-state index in [0.717, 1.165) is 17.0 Å². The second-order valence-corrected chi connectivity index (χ2v) is 8.39. The summed E-state index contributed by atoms with van der Waals surface area (Å²) in [5.41, 5.74) is 0.739. The van der Waals surface area contributed by atoms with Crippen LogP contribution in [-0.4, -0.2) is 25.7 Å². The van der Waals surface area contributed by atoms with Crippen LogP contribution >= 0.6 is 11.3 Å². The minimum atomic E-state index is -3.66. The Kier molecular flexibility index (Phi) is 5.38. The normalized spacial score (nSPS) is 11.2. The van der Waals surface area contributed by atoms with Gasteiger partial charge in [-0.25, -0.2) is 8.42 Å². The molecule has 0 atom stereocenters. The lowest BCUT2D eigenvalue weighted by molar-refractivity contribution is 0.417. The largest absolute Gasteiger partial charge is 0.495 e. The van der Waals surface area contributed by atoms with Crippen molar-refractivity contribution >= 4 is 38.7 Å². The van der Waals surface area contributed by atoms with Crippen LogP contribution in [0.3, 0.4) is 0 Å². The summed E-state index contributed by atoms with van der Waals surface area (Å²) in [4.78, 5) is 1.01. The van der Waals surface area contributed by atoms with Crippen LogP contribution in [0.5, 0.6) is 5.75 Å². The molecule has 26 heavy (non-hydrogen) atoms. The van der Waals surface area contributed by atoms with Crippen LogP contribution in [0.1, 0.15) is 11.8 Å². The molecule has 0 saturated carbocycles. The molecule has 2 aromatic heterocycles. The molecule has 0 spiro atoms. The predicted octanol–water partition coefficient (Wildman–Crippen LogP) is 3.65. The molecule has 2 N–H and O–H groups in total. The maximum atomic E-state index is 12.4. The number of anilines is 3. The predicted molar refractivity (Wildman–Crippen MR) is 103 cm³/mol.